The zero-order valence-corrected chi connectivity index (χ0v) is 12.9. The monoisotopic (exact) mass is 288 g/mol. The lowest BCUT2D eigenvalue weighted by Crippen LogP contribution is -2.35. The molecule has 0 bridgehead atoms. The van der Waals surface area contributed by atoms with Gasteiger partial charge in [0.15, 0.2) is 0 Å². The summed E-state index contributed by atoms with van der Waals surface area (Å²) in [6.45, 7) is 4.76. The number of fused-ring (bicyclic) bond motifs is 1. The minimum atomic E-state index is -0.0740. The molecule has 0 aromatic carbocycles. The van der Waals surface area contributed by atoms with Crippen molar-refractivity contribution in [3.63, 3.8) is 0 Å². The van der Waals surface area contributed by atoms with Crippen molar-refractivity contribution >= 4 is 11.7 Å². The maximum absolute atomic E-state index is 11.9. The minimum Gasteiger partial charge on any atom is -0.367 e. The third-order valence-electron chi connectivity index (χ3n) is 4.72. The summed E-state index contributed by atoms with van der Waals surface area (Å²) in [6.07, 6.45) is 7.42. The number of hydrogen-bond donors (Lipinski definition) is 2. The van der Waals surface area contributed by atoms with Crippen molar-refractivity contribution in [2.75, 3.05) is 11.9 Å². The Labute approximate surface area is 125 Å². The first kappa shape index (κ1) is 14.3. The van der Waals surface area contributed by atoms with Gasteiger partial charge in [-0.3, -0.25) is 4.79 Å². The Kier molecular flexibility index (Phi) is 4.08. The molecule has 1 atom stereocenters. The smallest absolute Gasteiger partial charge is 0.270 e. The fourth-order valence-corrected chi connectivity index (χ4v) is 3.49. The first-order valence-electron chi connectivity index (χ1n) is 8.07. The van der Waals surface area contributed by atoms with E-state index in [2.05, 4.69) is 27.5 Å². The molecule has 2 N–H and O–H groups in total. The maximum Gasteiger partial charge on any atom is 0.270 e. The molecule has 1 amide bonds. The van der Waals surface area contributed by atoms with Gasteiger partial charge in [-0.1, -0.05) is 19.3 Å². The van der Waals surface area contributed by atoms with Crippen molar-refractivity contribution in [2.24, 2.45) is 5.92 Å². The molecule has 1 aliphatic heterocycles. The predicted octanol–water partition coefficient (Wildman–Crippen LogP) is 2.45. The van der Waals surface area contributed by atoms with E-state index in [-0.39, 0.29) is 5.91 Å². The number of carbonyl (C=O) groups excluding carboxylic acids is 1. The lowest BCUT2D eigenvalue weighted by Gasteiger charge is -2.30. The molecule has 0 unspecified atom stereocenters. The molecule has 2 heterocycles. The summed E-state index contributed by atoms with van der Waals surface area (Å²) in [4.78, 5) is 20.8. The number of hydrogen-bond acceptors (Lipinski definition) is 4. The van der Waals surface area contributed by atoms with Crippen LogP contribution in [0.5, 0.6) is 0 Å². The Morgan fingerprint density at radius 2 is 2.00 bits per heavy atom. The zero-order valence-electron chi connectivity index (χ0n) is 12.9. The van der Waals surface area contributed by atoms with E-state index >= 15 is 0 Å². The van der Waals surface area contributed by atoms with E-state index in [9.17, 15) is 4.79 Å². The molecule has 1 saturated carbocycles. The molecule has 1 aromatic rings. The summed E-state index contributed by atoms with van der Waals surface area (Å²) >= 11 is 0. The fraction of sp³-hybridized carbons (Fsp3) is 0.688. The first-order valence-corrected chi connectivity index (χ1v) is 8.07. The molecule has 0 spiro atoms. The van der Waals surface area contributed by atoms with Gasteiger partial charge in [0.1, 0.15) is 17.3 Å². The molecule has 1 aliphatic carbocycles. The van der Waals surface area contributed by atoms with Gasteiger partial charge in [-0.15, -0.1) is 0 Å². The van der Waals surface area contributed by atoms with Crippen LogP contribution in [0, 0.1) is 12.8 Å². The van der Waals surface area contributed by atoms with Gasteiger partial charge >= 0.3 is 0 Å². The third-order valence-corrected chi connectivity index (χ3v) is 4.72. The van der Waals surface area contributed by atoms with Crippen LogP contribution in [-0.2, 0) is 6.42 Å². The van der Waals surface area contributed by atoms with Gasteiger partial charge in [0.25, 0.3) is 5.91 Å². The Balaban J connectivity index is 1.83. The summed E-state index contributed by atoms with van der Waals surface area (Å²) in [5, 5.41) is 6.42. The van der Waals surface area contributed by atoms with Crippen LogP contribution in [0.25, 0.3) is 0 Å². The lowest BCUT2D eigenvalue weighted by molar-refractivity contribution is 0.0940. The predicted molar refractivity (Wildman–Crippen MR) is 82.5 cm³/mol. The molecule has 0 radical (unpaired) electrons. The highest BCUT2D eigenvalue weighted by Gasteiger charge is 2.25. The Hall–Kier alpha value is -1.65. The molecule has 1 fully saturated rings. The van der Waals surface area contributed by atoms with Crippen molar-refractivity contribution in [1.82, 2.24) is 15.3 Å². The number of nitrogens with zero attached hydrogens (tertiary/aromatic N) is 2. The molecule has 1 aromatic heterocycles. The highest BCUT2D eigenvalue weighted by molar-refractivity contribution is 5.95. The average molecular weight is 288 g/mol. The van der Waals surface area contributed by atoms with Crippen LogP contribution >= 0.6 is 0 Å². The van der Waals surface area contributed by atoms with Crippen LogP contribution in [0.2, 0.25) is 0 Å². The SMILES string of the molecule is Cc1nc(N[C@@H](C)C2CCCCC2)c2c(n1)C(=O)NCC2. The van der Waals surface area contributed by atoms with Gasteiger partial charge in [0, 0.05) is 18.2 Å². The van der Waals surface area contributed by atoms with Gasteiger partial charge in [0.2, 0.25) is 0 Å². The Bertz CT molecular complexity index is 537. The molecule has 21 heavy (non-hydrogen) atoms. The second kappa shape index (κ2) is 6.00. The number of aryl methyl sites for hydroxylation is 1. The van der Waals surface area contributed by atoms with Crippen LogP contribution in [0.3, 0.4) is 0 Å². The average Bonchev–Trinajstić information content (AvgIpc) is 2.49. The van der Waals surface area contributed by atoms with Crippen molar-refractivity contribution in [2.45, 2.75) is 58.4 Å². The molecule has 0 saturated heterocycles. The second-order valence-electron chi connectivity index (χ2n) is 6.28. The van der Waals surface area contributed by atoms with Crippen LogP contribution in [0.15, 0.2) is 0 Å². The van der Waals surface area contributed by atoms with E-state index in [0.29, 0.717) is 30.0 Å². The van der Waals surface area contributed by atoms with E-state index in [4.69, 9.17) is 0 Å². The molecule has 2 aliphatic rings. The van der Waals surface area contributed by atoms with Gasteiger partial charge in [-0.05, 0) is 39.0 Å². The highest BCUT2D eigenvalue weighted by Crippen LogP contribution is 2.29. The standard InChI is InChI=1S/C16H24N4O/c1-10(12-6-4-3-5-7-12)18-15-13-8-9-17-16(21)14(13)19-11(2)20-15/h10,12H,3-9H2,1-2H3,(H,17,21)(H,18,19,20)/t10-/m0/s1. The van der Waals surface area contributed by atoms with Crippen molar-refractivity contribution in [1.29, 1.82) is 0 Å². The highest BCUT2D eigenvalue weighted by atomic mass is 16.1. The largest absolute Gasteiger partial charge is 0.367 e. The molecule has 114 valence electrons. The van der Waals surface area contributed by atoms with Crippen molar-refractivity contribution in [3.8, 4) is 0 Å². The lowest BCUT2D eigenvalue weighted by atomic mass is 9.84. The van der Waals surface area contributed by atoms with E-state index < -0.39 is 0 Å². The molecular weight excluding hydrogens is 264 g/mol. The quantitative estimate of drug-likeness (QED) is 0.896. The number of nitrogens with one attached hydrogen (secondary N) is 2. The summed E-state index contributed by atoms with van der Waals surface area (Å²) in [5.41, 5.74) is 1.53. The van der Waals surface area contributed by atoms with Crippen LogP contribution in [-0.4, -0.2) is 28.5 Å². The van der Waals surface area contributed by atoms with E-state index in [0.717, 1.165) is 17.8 Å². The van der Waals surface area contributed by atoms with E-state index in [1.54, 1.807) is 0 Å². The summed E-state index contributed by atoms with van der Waals surface area (Å²) in [6, 6.07) is 0.397. The summed E-state index contributed by atoms with van der Waals surface area (Å²) < 4.78 is 0. The minimum absolute atomic E-state index is 0.0740. The third kappa shape index (κ3) is 3.01. The molecule has 5 heteroatoms. The number of aromatic nitrogens is 2. The topological polar surface area (TPSA) is 66.9 Å². The number of carbonyl (C=O) groups is 1. The molecule has 5 nitrogen and oxygen atoms in total. The van der Waals surface area contributed by atoms with Crippen LogP contribution < -0.4 is 10.6 Å². The van der Waals surface area contributed by atoms with Crippen LogP contribution in [0.4, 0.5) is 5.82 Å². The molecule has 3 rings (SSSR count). The van der Waals surface area contributed by atoms with Crippen molar-refractivity contribution in [3.05, 3.63) is 17.1 Å². The van der Waals surface area contributed by atoms with Crippen LogP contribution in [0.1, 0.15) is 60.9 Å². The zero-order chi connectivity index (χ0) is 14.8. The van der Waals surface area contributed by atoms with E-state index in [1.165, 1.54) is 32.1 Å². The fourth-order valence-electron chi connectivity index (χ4n) is 3.49. The first-order chi connectivity index (χ1) is 10.1. The number of anilines is 1. The molecular formula is C16H24N4O. The summed E-state index contributed by atoms with van der Waals surface area (Å²) in [5.74, 6) is 2.16. The summed E-state index contributed by atoms with van der Waals surface area (Å²) in [7, 11) is 0. The maximum atomic E-state index is 11.9. The normalized spacial score (nSPS) is 20.6. The Morgan fingerprint density at radius 1 is 1.24 bits per heavy atom. The van der Waals surface area contributed by atoms with Crippen molar-refractivity contribution < 1.29 is 4.79 Å². The number of amides is 1. The van der Waals surface area contributed by atoms with Gasteiger partial charge in [0.05, 0.1) is 0 Å². The Morgan fingerprint density at radius 3 is 2.76 bits per heavy atom. The second-order valence-corrected chi connectivity index (χ2v) is 6.28. The van der Waals surface area contributed by atoms with Gasteiger partial charge in [-0.25, -0.2) is 9.97 Å². The van der Waals surface area contributed by atoms with Gasteiger partial charge < -0.3 is 10.6 Å². The van der Waals surface area contributed by atoms with E-state index in [1.807, 2.05) is 6.92 Å². The van der Waals surface area contributed by atoms with Gasteiger partial charge in [-0.2, -0.15) is 0 Å². The number of rotatable bonds is 3.